The number of likely N-dealkylation sites (tertiary alicyclic amines) is 1. The molecule has 1 aliphatic carbocycles. The van der Waals surface area contributed by atoms with Gasteiger partial charge in [-0.1, -0.05) is 26.2 Å². The van der Waals surface area contributed by atoms with Crippen LogP contribution in [-0.2, 0) is 0 Å². The fourth-order valence-corrected chi connectivity index (χ4v) is 3.61. The lowest BCUT2D eigenvalue weighted by Crippen LogP contribution is -2.37. The molecule has 2 nitrogen and oxygen atoms in total. The van der Waals surface area contributed by atoms with Crippen molar-refractivity contribution in [3.63, 3.8) is 0 Å². The maximum atomic E-state index is 9.32. The first-order chi connectivity index (χ1) is 7.83. The summed E-state index contributed by atoms with van der Waals surface area (Å²) >= 11 is 0. The Morgan fingerprint density at radius 3 is 2.69 bits per heavy atom. The molecule has 0 spiro atoms. The maximum Gasteiger partial charge on any atom is 0.0586 e. The lowest BCUT2D eigenvalue weighted by atomic mass is 9.80. The molecule has 1 aliphatic heterocycles. The van der Waals surface area contributed by atoms with Gasteiger partial charge in [0.15, 0.2) is 0 Å². The first-order valence-corrected chi connectivity index (χ1v) is 7.18. The molecular formula is C14H27NO. The Bertz CT molecular complexity index is 207. The van der Waals surface area contributed by atoms with Crippen LogP contribution < -0.4 is 0 Å². The molecule has 1 saturated carbocycles. The van der Waals surface area contributed by atoms with E-state index >= 15 is 0 Å². The van der Waals surface area contributed by atoms with Crippen LogP contribution in [0.25, 0.3) is 0 Å². The third-order valence-corrected chi connectivity index (χ3v) is 4.67. The molecule has 16 heavy (non-hydrogen) atoms. The summed E-state index contributed by atoms with van der Waals surface area (Å²) in [5.41, 5.74) is 0. The van der Waals surface area contributed by atoms with E-state index in [9.17, 15) is 5.11 Å². The minimum absolute atomic E-state index is 0.365. The number of rotatable bonds is 4. The fourth-order valence-electron chi connectivity index (χ4n) is 3.61. The van der Waals surface area contributed by atoms with Crippen molar-refractivity contribution in [3.8, 4) is 0 Å². The van der Waals surface area contributed by atoms with Gasteiger partial charge in [0.2, 0.25) is 0 Å². The lowest BCUT2D eigenvalue weighted by Gasteiger charge is -2.33. The molecule has 0 aromatic carbocycles. The maximum absolute atomic E-state index is 9.32. The van der Waals surface area contributed by atoms with Crippen molar-refractivity contribution in [1.29, 1.82) is 0 Å². The predicted octanol–water partition coefficient (Wildman–Crippen LogP) is 2.66. The Balaban J connectivity index is 1.79. The highest BCUT2D eigenvalue weighted by atomic mass is 16.3. The summed E-state index contributed by atoms with van der Waals surface area (Å²) in [5, 5.41) is 9.32. The first-order valence-electron chi connectivity index (χ1n) is 7.18. The van der Waals surface area contributed by atoms with E-state index in [-0.39, 0.29) is 0 Å². The predicted molar refractivity (Wildman–Crippen MR) is 67.4 cm³/mol. The Labute approximate surface area is 100 Å². The minimum atomic E-state index is 0.365. The Hall–Kier alpha value is -0.0800. The van der Waals surface area contributed by atoms with E-state index in [1.165, 1.54) is 58.0 Å². The second kappa shape index (κ2) is 6.02. The monoisotopic (exact) mass is 225 g/mol. The quantitative estimate of drug-likeness (QED) is 0.795. The van der Waals surface area contributed by atoms with E-state index in [2.05, 4.69) is 11.8 Å². The molecule has 1 saturated heterocycles. The second-order valence-electron chi connectivity index (χ2n) is 5.78. The van der Waals surface area contributed by atoms with E-state index in [4.69, 9.17) is 0 Å². The largest absolute Gasteiger partial charge is 0.395 e. The number of hydrogen-bond acceptors (Lipinski definition) is 2. The van der Waals surface area contributed by atoms with Gasteiger partial charge >= 0.3 is 0 Å². The van der Waals surface area contributed by atoms with Crippen LogP contribution in [0, 0.1) is 11.8 Å². The zero-order valence-corrected chi connectivity index (χ0v) is 10.7. The minimum Gasteiger partial charge on any atom is -0.395 e. The van der Waals surface area contributed by atoms with Crippen LogP contribution in [0.3, 0.4) is 0 Å². The summed E-state index contributed by atoms with van der Waals surface area (Å²) in [5.74, 6) is 1.89. The summed E-state index contributed by atoms with van der Waals surface area (Å²) in [6, 6.07) is 0.474. The van der Waals surface area contributed by atoms with E-state index in [1.807, 2.05) is 0 Å². The molecule has 1 N–H and O–H groups in total. The third-order valence-electron chi connectivity index (χ3n) is 4.67. The van der Waals surface area contributed by atoms with Gasteiger partial charge in [0.25, 0.3) is 0 Å². The van der Waals surface area contributed by atoms with E-state index in [0.29, 0.717) is 12.6 Å². The summed E-state index contributed by atoms with van der Waals surface area (Å²) in [7, 11) is 0. The van der Waals surface area contributed by atoms with Gasteiger partial charge in [0.1, 0.15) is 0 Å². The number of aliphatic hydroxyl groups is 1. The van der Waals surface area contributed by atoms with Gasteiger partial charge in [-0.05, 0) is 44.1 Å². The number of nitrogens with zero attached hydrogens (tertiary/aromatic N) is 1. The number of hydrogen-bond donors (Lipinski definition) is 1. The fraction of sp³-hybridized carbons (Fsp3) is 1.00. The van der Waals surface area contributed by atoms with Crippen molar-refractivity contribution in [2.45, 2.75) is 57.9 Å². The second-order valence-corrected chi connectivity index (χ2v) is 5.78. The van der Waals surface area contributed by atoms with E-state index < -0.39 is 0 Å². The van der Waals surface area contributed by atoms with Crippen molar-refractivity contribution in [2.75, 3.05) is 19.7 Å². The summed E-state index contributed by atoms with van der Waals surface area (Å²) in [4.78, 5) is 2.54. The molecule has 0 aromatic rings. The van der Waals surface area contributed by atoms with Gasteiger partial charge in [-0.2, -0.15) is 0 Å². The zero-order chi connectivity index (χ0) is 11.4. The standard InChI is InChI=1S/C14H27NO/c1-2-12-5-3-6-13(9-12)10-15-8-4-7-14(15)11-16/h12-14,16H,2-11H2,1H3/t12?,13?,14-/m1/s1. The highest BCUT2D eigenvalue weighted by Crippen LogP contribution is 2.32. The molecule has 3 atom stereocenters. The molecule has 0 aromatic heterocycles. The molecule has 0 bridgehead atoms. The topological polar surface area (TPSA) is 23.5 Å². The van der Waals surface area contributed by atoms with Gasteiger partial charge in [-0.15, -0.1) is 0 Å². The Morgan fingerprint density at radius 1 is 1.12 bits per heavy atom. The molecule has 0 radical (unpaired) electrons. The number of aliphatic hydroxyl groups excluding tert-OH is 1. The smallest absolute Gasteiger partial charge is 0.0586 e. The highest BCUT2D eigenvalue weighted by molar-refractivity contribution is 4.82. The van der Waals surface area contributed by atoms with Gasteiger partial charge in [-0.25, -0.2) is 0 Å². The molecule has 2 heteroatoms. The Kier molecular flexibility index (Phi) is 4.66. The van der Waals surface area contributed by atoms with Crippen molar-refractivity contribution in [2.24, 2.45) is 11.8 Å². The third kappa shape index (κ3) is 2.98. The summed E-state index contributed by atoms with van der Waals surface area (Å²) in [6.07, 6.45) is 9.60. The van der Waals surface area contributed by atoms with E-state index in [0.717, 1.165) is 11.8 Å². The average Bonchev–Trinajstić information content (AvgIpc) is 2.76. The van der Waals surface area contributed by atoms with Crippen molar-refractivity contribution < 1.29 is 5.11 Å². The van der Waals surface area contributed by atoms with Gasteiger partial charge in [0.05, 0.1) is 6.61 Å². The van der Waals surface area contributed by atoms with E-state index in [1.54, 1.807) is 0 Å². The molecule has 1 heterocycles. The van der Waals surface area contributed by atoms with Crippen LogP contribution in [-0.4, -0.2) is 35.7 Å². The molecule has 2 rings (SSSR count). The van der Waals surface area contributed by atoms with Gasteiger partial charge in [0, 0.05) is 12.6 Å². The normalized spacial score (nSPS) is 36.8. The Morgan fingerprint density at radius 2 is 1.94 bits per heavy atom. The molecule has 94 valence electrons. The first kappa shape index (κ1) is 12.4. The van der Waals surface area contributed by atoms with Crippen molar-refractivity contribution in [1.82, 2.24) is 4.90 Å². The van der Waals surface area contributed by atoms with Crippen LogP contribution in [0.2, 0.25) is 0 Å². The molecular weight excluding hydrogens is 198 g/mol. The van der Waals surface area contributed by atoms with Crippen LogP contribution >= 0.6 is 0 Å². The SMILES string of the molecule is CCC1CCCC(CN2CCC[C@@H]2CO)C1. The van der Waals surface area contributed by atoms with Crippen LogP contribution in [0.5, 0.6) is 0 Å². The van der Waals surface area contributed by atoms with Crippen molar-refractivity contribution in [3.05, 3.63) is 0 Å². The van der Waals surface area contributed by atoms with Crippen LogP contribution in [0.4, 0.5) is 0 Å². The van der Waals surface area contributed by atoms with Crippen molar-refractivity contribution >= 4 is 0 Å². The van der Waals surface area contributed by atoms with Gasteiger partial charge < -0.3 is 5.11 Å². The lowest BCUT2D eigenvalue weighted by molar-refractivity contribution is 0.121. The van der Waals surface area contributed by atoms with Crippen LogP contribution in [0.1, 0.15) is 51.9 Å². The molecule has 2 aliphatic rings. The summed E-state index contributed by atoms with van der Waals surface area (Å²) in [6.45, 7) is 5.17. The van der Waals surface area contributed by atoms with Crippen LogP contribution in [0.15, 0.2) is 0 Å². The highest BCUT2D eigenvalue weighted by Gasteiger charge is 2.28. The zero-order valence-electron chi connectivity index (χ0n) is 10.7. The molecule has 0 amide bonds. The van der Waals surface area contributed by atoms with Gasteiger partial charge in [-0.3, -0.25) is 4.90 Å². The molecule has 2 fully saturated rings. The molecule has 2 unspecified atom stereocenters. The summed E-state index contributed by atoms with van der Waals surface area (Å²) < 4.78 is 0. The average molecular weight is 225 g/mol.